The molecular weight excluding hydrogens is 560 g/mol. The molecule has 0 saturated heterocycles. The third-order valence-electron chi connectivity index (χ3n) is 7.51. The van der Waals surface area contributed by atoms with Gasteiger partial charge in [0.2, 0.25) is 5.91 Å². The molecule has 42 heavy (non-hydrogen) atoms. The smallest absolute Gasteiger partial charge is 0.415 e. The van der Waals surface area contributed by atoms with Gasteiger partial charge in [0.15, 0.2) is 10.8 Å². The van der Waals surface area contributed by atoms with Crippen LogP contribution in [0.5, 0.6) is 5.75 Å². The van der Waals surface area contributed by atoms with Crippen molar-refractivity contribution in [3.63, 3.8) is 0 Å². The summed E-state index contributed by atoms with van der Waals surface area (Å²) in [6.45, 7) is 9.03. The summed E-state index contributed by atoms with van der Waals surface area (Å²) in [7, 11) is 1.59. The molecule has 3 rings (SSSR count). The van der Waals surface area contributed by atoms with Crippen LogP contribution in [0.15, 0.2) is 40.5 Å². The number of allylic oxidation sites excluding steroid dienone is 2. The zero-order valence-corrected chi connectivity index (χ0v) is 25.5. The van der Waals surface area contributed by atoms with E-state index < -0.39 is 23.6 Å². The number of carbonyl (C=O) groups is 4. The number of aromatic nitrogens is 1. The monoisotopic (exact) mass is 596 g/mol. The highest BCUT2D eigenvalue weighted by atomic mass is 32.1. The van der Waals surface area contributed by atoms with Crippen molar-refractivity contribution >= 4 is 45.3 Å². The molecule has 1 heterocycles. The molecule has 224 valence electrons. The molecule has 12 heteroatoms. The van der Waals surface area contributed by atoms with Crippen LogP contribution in [0.2, 0.25) is 0 Å². The molecule has 2 aromatic rings. The first-order valence-electron chi connectivity index (χ1n) is 13.5. The number of rotatable bonds is 11. The lowest BCUT2D eigenvalue weighted by Crippen LogP contribution is -2.42. The Hall–Kier alpha value is -4.08. The Balaban J connectivity index is 1.69. The molecule has 1 unspecified atom stereocenters. The van der Waals surface area contributed by atoms with E-state index in [1.807, 2.05) is 6.07 Å². The maximum absolute atomic E-state index is 13.2. The summed E-state index contributed by atoms with van der Waals surface area (Å²) in [4.78, 5) is 57.4. The number of benzene rings is 1. The standard InChI is InChI=1S/C30H36N4O7S/c1-17-18(2)28(39)26(19(3)27(17)38)30(4,5)15-24(35)33(6)12-13-34(11-7-8-25(36)37)29(40)41-20-9-10-21-22(14-20)42-23(16-31)32-21/h9-10,14,27,38H,7-8,11-13,15H2,1-6H3,(H,36,37). The minimum absolute atomic E-state index is 0.00394. The number of aliphatic carboxylic acids is 1. The fourth-order valence-electron chi connectivity index (χ4n) is 4.95. The number of ketones is 1. The van der Waals surface area contributed by atoms with Crippen molar-refractivity contribution in [3.8, 4) is 11.8 Å². The van der Waals surface area contributed by atoms with Crippen LogP contribution in [-0.2, 0) is 14.4 Å². The molecule has 0 spiro atoms. The van der Waals surface area contributed by atoms with Crippen LogP contribution in [-0.4, -0.2) is 81.5 Å². The van der Waals surface area contributed by atoms with Crippen LogP contribution in [0, 0.1) is 16.7 Å². The second-order valence-electron chi connectivity index (χ2n) is 11.1. The van der Waals surface area contributed by atoms with E-state index in [0.717, 1.165) is 0 Å². The summed E-state index contributed by atoms with van der Waals surface area (Å²) in [5.41, 5.74) is 1.81. The van der Waals surface area contributed by atoms with Crippen molar-refractivity contribution in [2.45, 2.75) is 60.0 Å². The summed E-state index contributed by atoms with van der Waals surface area (Å²) in [6, 6.07) is 6.80. The number of ether oxygens (including phenoxy) is 1. The number of carbonyl (C=O) groups excluding carboxylic acids is 3. The summed E-state index contributed by atoms with van der Waals surface area (Å²) in [5.74, 6) is -1.18. The lowest BCUT2D eigenvalue weighted by Gasteiger charge is -2.35. The first-order valence-corrected chi connectivity index (χ1v) is 14.3. The third-order valence-corrected chi connectivity index (χ3v) is 8.44. The predicted octanol–water partition coefficient (Wildman–Crippen LogP) is 4.30. The molecule has 1 aromatic carbocycles. The molecule has 0 fully saturated rings. The number of likely N-dealkylation sites (N-methyl/N-ethyl adjacent to an activating group) is 1. The first kappa shape index (κ1) is 32.4. The van der Waals surface area contributed by atoms with Crippen molar-refractivity contribution < 1.29 is 34.1 Å². The van der Waals surface area contributed by atoms with Gasteiger partial charge in [-0.05, 0) is 56.0 Å². The Kier molecular flexibility index (Phi) is 10.2. The Labute approximate surface area is 248 Å². The van der Waals surface area contributed by atoms with Crippen LogP contribution >= 0.6 is 11.3 Å². The predicted molar refractivity (Wildman–Crippen MR) is 157 cm³/mol. The number of nitriles is 1. The van der Waals surface area contributed by atoms with E-state index in [-0.39, 0.29) is 61.3 Å². The van der Waals surface area contributed by atoms with E-state index in [1.54, 1.807) is 59.9 Å². The first-order chi connectivity index (χ1) is 19.7. The number of carboxylic acid groups (broad SMARTS) is 1. The molecule has 0 bridgehead atoms. The van der Waals surface area contributed by atoms with E-state index in [9.17, 15) is 24.3 Å². The third kappa shape index (κ3) is 7.40. The molecule has 0 saturated carbocycles. The van der Waals surface area contributed by atoms with Crippen LogP contribution < -0.4 is 4.74 Å². The maximum atomic E-state index is 13.2. The van der Waals surface area contributed by atoms with Crippen molar-refractivity contribution in [2.24, 2.45) is 5.41 Å². The Morgan fingerprint density at radius 3 is 2.48 bits per heavy atom. The largest absolute Gasteiger partial charge is 0.481 e. The second kappa shape index (κ2) is 13.3. The van der Waals surface area contributed by atoms with Gasteiger partial charge >= 0.3 is 12.1 Å². The van der Waals surface area contributed by atoms with Crippen molar-refractivity contribution in [1.29, 1.82) is 5.26 Å². The average Bonchev–Trinajstić information content (AvgIpc) is 3.34. The number of Topliss-reactive ketones (excluding diaryl/α,β-unsaturated/α-hetero) is 1. The summed E-state index contributed by atoms with van der Waals surface area (Å²) >= 11 is 1.17. The highest BCUT2D eigenvalue weighted by molar-refractivity contribution is 7.19. The van der Waals surface area contributed by atoms with Gasteiger partial charge in [0, 0.05) is 56.6 Å². The fraction of sp³-hybridized carbons (Fsp3) is 0.467. The molecule has 0 aliphatic heterocycles. The quantitative estimate of drug-likeness (QED) is 0.385. The van der Waals surface area contributed by atoms with Gasteiger partial charge in [0.25, 0.3) is 0 Å². The number of hydrogen-bond acceptors (Lipinski definition) is 9. The Morgan fingerprint density at radius 1 is 1.14 bits per heavy atom. The van der Waals surface area contributed by atoms with Crippen molar-refractivity contribution in [2.75, 3.05) is 26.7 Å². The van der Waals surface area contributed by atoms with Gasteiger partial charge in [-0.25, -0.2) is 9.78 Å². The number of hydrogen-bond donors (Lipinski definition) is 2. The lowest BCUT2D eigenvalue weighted by molar-refractivity contribution is -0.137. The molecule has 11 nitrogen and oxygen atoms in total. The van der Waals surface area contributed by atoms with E-state index >= 15 is 0 Å². The minimum Gasteiger partial charge on any atom is -0.481 e. The number of fused-ring (bicyclic) bond motifs is 1. The van der Waals surface area contributed by atoms with Gasteiger partial charge in [-0.2, -0.15) is 5.26 Å². The Morgan fingerprint density at radius 2 is 1.83 bits per heavy atom. The summed E-state index contributed by atoms with van der Waals surface area (Å²) < 4.78 is 6.23. The van der Waals surface area contributed by atoms with Gasteiger partial charge in [-0.1, -0.05) is 13.8 Å². The molecule has 1 aromatic heterocycles. The number of amides is 2. The normalized spacial score (nSPS) is 15.6. The minimum atomic E-state index is -0.992. The number of carboxylic acids is 1. The van der Waals surface area contributed by atoms with Crippen molar-refractivity contribution in [3.05, 3.63) is 45.5 Å². The highest BCUT2D eigenvalue weighted by Crippen LogP contribution is 2.40. The van der Waals surface area contributed by atoms with Crippen LogP contribution in [0.4, 0.5) is 4.79 Å². The topological polar surface area (TPSA) is 161 Å². The SMILES string of the molecule is CC1=C(C)C(O)C(C)=C(C(C)(C)CC(=O)N(C)CCN(CCCC(=O)O)C(=O)Oc2ccc3nc(C#N)sc3c2)C1=O. The number of nitrogens with zero attached hydrogens (tertiary/aromatic N) is 4. The van der Waals surface area contributed by atoms with E-state index in [2.05, 4.69) is 4.98 Å². The molecular formula is C30H36N4O7S. The van der Waals surface area contributed by atoms with Gasteiger partial charge in [0.1, 0.15) is 11.8 Å². The number of thiazole rings is 1. The average molecular weight is 597 g/mol. The van der Waals surface area contributed by atoms with Crippen LogP contribution in [0.25, 0.3) is 10.2 Å². The second-order valence-corrected chi connectivity index (χ2v) is 12.1. The zero-order valence-electron chi connectivity index (χ0n) is 24.7. The molecule has 0 radical (unpaired) electrons. The van der Waals surface area contributed by atoms with Gasteiger partial charge in [-0.3, -0.25) is 14.4 Å². The summed E-state index contributed by atoms with van der Waals surface area (Å²) in [5, 5.41) is 29.0. The molecule has 1 atom stereocenters. The Bertz CT molecular complexity index is 1520. The molecule has 2 amide bonds. The molecule has 1 aliphatic carbocycles. The molecule has 2 N–H and O–H groups in total. The van der Waals surface area contributed by atoms with E-state index in [0.29, 0.717) is 32.5 Å². The van der Waals surface area contributed by atoms with E-state index in [4.69, 9.17) is 15.1 Å². The van der Waals surface area contributed by atoms with Gasteiger partial charge < -0.3 is 24.7 Å². The molecule has 1 aliphatic rings. The van der Waals surface area contributed by atoms with Gasteiger partial charge in [0.05, 0.1) is 16.3 Å². The zero-order chi connectivity index (χ0) is 31.4. The number of aliphatic hydroxyl groups excluding tert-OH is 1. The van der Waals surface area contributed by atoms with Gasteiger partial charge in [-0.15, -0.1) is 11.3 Å². The fourth-order valence-corrected chi connectivity index (χ4v) is 5.74. The maximum Gasteiger partial charge on any atom is 0.415 e. The van der Waals surface area contributed by atoms with E-state index in [1.165, 1.54) is 21.1 Å². The van der Waals surface area contributed by atoms with Crippen LogP contribution in [0.3, 0.4) is 0 Å². The van der Waals surface area contributed by atoms with Crippen molar-refractivity contribution in [1.82, 2.24) is 14.8 Å². The number of aliphatic hydroxyl groups is 1. The highest BCUT2D eigenvalue weighted by Gasteiger charge is 2.38. The summed E-state index contributed by atoms with van der Waals surface area (Å²) in [6.07, 6.45) is -1.52. The lowest BCUT2D eigenvalue weighted by atomic mass is 9.70. The van der Waals surface area contributed by atoms with Crippen LogP contribution in [0.1, 0.15) is 58.9 Å².